The minimum absolute atomic E-state index is 0.163. The Morgan fingerprint density at radius 2 is 1.95 bits per heavy atom. The van der Waals surface area contributed by atoms with Gasteiger partial charge in [-0.2, -0.15) is 0 Å². The van der Waals surface area contributed by atoms with Gasteiger partial charge in [-0.05, 0) is 43.7 Å². The smallest absolute Gasteiger partial charge is 0.129 e. The topological polar surface area (TPSA) is 55.2 Å². The number of aromatic nitrogens is 2. The molecular formula is C15H18N2O2. The van der Waals surface area contributed by atoms with Crippen molar-refractivity contribution in [3.63, 3.8) is 0 Å². The van der Waals surface area contributed by atoms with Crippen LogP contribution in [0.3, 0.4) is 0 Å². The van der Waals surface area contributed by atoms with Crippen LogP contribution in [0.2, 0.25) is 0 Å². The second-order valence-electron chi connectivity index (χ2n) is 4.14. The Morgan fingerprint density at radius 3 is 2.63 bits per heavy atom. The molecule has 0 saturated heterocycles. The van der Waals surface area contributed by atoms with E-state index in [4.69, 9.17) is 9.84 Å². The molecule has 1 heterocycles. The summed E-state index contributed by atoms with van der Waals surface area (Å²) in [6, 6.07) is 9.74. The van der Waals surface area contributed by atoms with E-state index in [2.05, 4.69) is 9.97 Å². The Hall–Kier alpha value is -1.94. The van der Waals surface area contributed by atoms with Crippen molar-refractivity contribution < 1.29 is 9.84 Å². The largest absolute Gasteiger partial charge is 0.494 e. The molecule has 4 nitrogen and oxygen atoms in total. The van der Waals surface area contributed by atoms with Crippen LogP contribution in [0.4, 0.5) is 0 Å². The summed E-state index contributed by atoms with van der Waals surface area (Å²) in [5.41, 5.74) is 1.93. The molecule has 0 saturated carbocycles. The molecule has 2 aromatic rings. The number of aliphatic hydroxyl groups is 1. The molecule has 19 heavy (non-hydrogen) atoms. The minimum atomic E-state index is 0.163. The maximum Gasteiger partial charge on any atom is 0.129 e. The molecular weight excluding hydrogens is 240 g/mol. The van der Waals surface area contributed by atoms with Gasteiger partial charge in [0.2, 0.25) is 0 Å². The summed E-state index contributed by atoms with van der Waals surface area (Å²) in [6.45, 7) is 2.79. The molecule has 1 aromatic carbocycles. The van der Waals surface area contributed by atoms with Gasteiger partial charge in [0.1, 0.15) is 11.6 Å². The third-order valence-electron chi connectivity index (χ3n) is 2.73. The van der Waals surface area contributed by atoms with Gasteiger partial charge in [-0.3, -0.25) is 0 Å². The van der Waals surface area contributed by atoms with Crippen LogP contribution in [-0.4, -0.2) is 28.3 Å². The predicted octanol–water partition coefficient (Wildman–Crippen LogP) is 2.47. The molecule has 0 radical (unpaired) electrons. The average molecular weight is 258 g/mol. The van der Waals surface area contributed by atoms with Gasteiger partial charge < -0.3 is 9.84 Å². The first-order chi connectivity index (χ1) is 9.33. The molecule has 100 valence electrons. The monoisotopic (exact) mass is 258 g/mol. The maximum atomic E-state index is 8.83. The van der Waals surface area contributed by atoms with Gasteiger partial charge in [0.15, 0.2) is 0 Å². The summed E-state index contributed by atoms with van der Waals surface area (Å²) in [5, 5.41) is 8.83. The highest BCUT2D eigenvalue weighted by atomic mass is 16.5. The van der Waals surface area contributed by atoms with Crippen LogP contribution < -0.4 is 4.74 Å². The zero-order valence-corrected chi connectivity index (χ0v) is 11.0. The van der Waals surface area contributed by atoms with Gasteiger partial charge in [-0.1, -0.05) is 0 Å². The molecule has 0 amide bonds. The maximum absolute atomic E-state index is 8.83. The number of ether oxygens (including phenoxy) is 1. The van der Waals surface area contributed by atoms with Gasteiger partial charge in [0, 0.05) is 24.8 Å². The van der Waals surface area contributed by atoms with Crippen molar-refractivity contribution in [3.05, 3.63) is 42.4 Å². The van der Waals surface area contributed by atoms with Crippen LogP contribution in [0.15, 0.2) is 36.5 Å². The van der Waals surface area contributed by atoms with Crippen LogP contribution >= 0.6 is 0 Å². The normalized spacial score (nSPS) is 10.4. The second kappa shape index (κ2) is 6.85. The lowest BCUT2D eigenvalue weighted by molar-refractivity contribution is 0.287. The Morgan fingerprint density at radius 1 is 1.16 bits per heavy atom. The fourth-order valence-electron chi connectivity index (χ4n) is 1.81. The lowest BCUT2D eigenvalue weighted by Gasteiger charge is -2.06. The highest BCUT2D eigenvalue weighted by molar-refractivity contribution is 5.59. The third kappa shape index (κ3) is 3.76. The Labute approximate surface area is 113 Å². The van der Waals surface area contributed by atoms with Crippen LogP contribution in [0.1, 0.15) is 19.2 Å². The molecule has 0 unspecified atom stereocenters. The van der Waals surface area contributed by atoms with Gasteiger partial charge in [-0.25, -0.2) is 9.97 Å². The van der Waals surface area contributed by atoms with E-state index >= 15 is 0 Å². The van der Waals surface area contributed by atoms with Gasteiger partial charge >= 0.3 is 0 Å². The summed E-state index contributed by atoms with van der Waals surface area (Å²) >= 11 is 0. The first-order valence-corrected chi connectivity index (χ1v) is 6.49. The first kappa shape index (κ1) is 13.5. The Kier molecular flexibility index (Phi) is 4.86. The molecule has 0 fully saturated rings. The van der Waals surface area contributed by atoms with Gasteiger partial charge in [0.25, 0.3) is 0 Å². The quantitative estimate of drug-likeness (QED) is 0.864. The summed E-state index contributed by atoms with van der Waals surface area (Å²) in [7, 11) is 0. The van der Waals surface area contributed by atoms with Gasteiger partial charge in [0.05, 0.1) is 12.3 Å². The number of aliphatic hydroxyl groups excluding tert-OH is 1. The summed E-state index contributed by atoms with van der Waals surface area (Å²) in [6.07, 6.45) is 3.14. The van der Waals surface area contributed by atoms with E-state index in [1.165, 1.54) is 0 Å². The zero-order valence-electron chi connectivity index (χ0n) is 11.0. The molecule has 1 N–H and O–H groups in total. The van der Waals surface area contributed by atoms with E-state index in [0.29, 0.717) is 19.4 Å². The van der Waals surface area contributed by atoms with Crippen molar-refractivity contribution >= 4 is 0 Å². The highest BCUT2D eigenvalue weighted by Gasteiger charge is 2.02. The summed E-state index contributed by atoms with van der Waals surface area (Å²) in [4.78, 5) is 8.70. The zero-order chi connectivity index (χ0) is 13.5. The van der Waals surface area contributed by atoms with E-state index in [1.807, 2.05) is 37.3 Å². The van der Waals surface area contributed by atoms with E-state index in [9.17, 15) is 0 Å². The van der Waals surface area contributed by atoms with Crippen molar-refractivity contribution in [1.29, 1.82) is 0 Å². The summed E-state index contributed by atoms with van der Waals surface area (Å²) < 4.78 is 5.41. The second-order valence-corrected chi connectivity index (χ2v) is 4.14. The molecule has 0 aliphatic rings. The summed E-state index contributed by atoms with van der Waals surface area (Å²) in [5.74, 6) is 1.63. The predicted molar refractivity (Wildman–Crippen MR) is 74.0 cm³/mol. The van der Waals surface area contributed by atoms with Crippen LogP contribution in [0.5, 0.6) is 5.75 Å². The van der Waals surface area contributed by atoms with Crippen LogP contribution in [-0.2, 0) is 6.42 Å². The van der Waals surface area contributed by atoms with Crippen LogP contribution in [0.25, 0.3) is 11.3 Å². The molecule has 0 spiro atoms. The molecule has 0 aliphatic carbocycles. The van der Waals surface area contributed by atoms with Crippen LogP contribution in [0, 0.1) is 0 Å². The highest BCUT2D eigenvalue weighted by Crippen LogP contribution is 2.20. The van der Waals surface area contributed by atoms with E-state index in [1.54, 1.807) is 6.20 Å². The SMILES string of the molecule is CCOc1ccc(-c2ccnc(CCCO)n2)cc1. The average Bonchev–Trinajstić information content (AvgIpc) is 2.46. The van der Waals surface area contributed by atoms with E-state index in [-0.39, 0.29) is 6.61 Å². The number of nitrogens with zero attached hydrogens (tertiary/aromatic N) is 2. The van der Waals surface area contributed by atoms with Crippen molar-refractivity contribution in [2.45, 2.75) is 19.8 Å². The molecule has 0 bridgehead atoms. The van der Waals surface area contributed by atoms with Crippen molar-refractivity contribution in [1.82, 2.24) is 9.97 Å². The third-order valence-corrected chi connectivity index (χ3v) is 2.73. The van der Waals surface area contributed by atoms with Crippen molar-refractivity contribution in [2.24, 2.45) is 0 Å². The lowest BCUT2D eigenvalue weighted by atomic mass is 10.1. The molecule has 0 atom stereocenters. The molecule has 2 rings (SSSR count). The Balaban J connectivity index is 2.16. The number of hydrogen-bond donors (Lipinski definition) is 1. The first-order valence-electron chi connectivity index (χ1n) is 6.49. The Bertz CT molecular complexity index is 512. The van der Waals surface area contributed by atoms with E-state index in [0.717, 1.165) is 22.8 Å². The molecule has 0 aliphatic heterocycles. The number of hydrogen-bond acceptors (Lipinski definition) is 4. The van der Waals surface area contributed by atoms with Crippen molar-refractivity contribution in [2.75, 3.05) is 13.2 Å². The number of rotatable bonds is 6. The van der Waals surface area contributed by atoms with E-state index < -0.39 is 0 Å². The lowest BCUT2D eigenvalue weighted by Crippen LogP contribution is -1.98. The number of aryl methyl sites for hydroxylation is 1. The fourth-order valence-corrected chi connectivity index (χ4v) is 1.81. The fraction of sp³-hybridized carbons (Fsp3) is 0.333. The standard InChI is InChI=1S/C15H18N2O2/c1-2-19-13-7-5-12(6-8-13)14-9-10-16-15(17-14)4-3-11-18/h5-10,18H,2-4,11H2,1H3. The van der Waals surface area contributed by atoms with Crippen molar-refractivity contribution in [3.8, 4) is 17.0 Å². The minimum Gasteiger partial charge on any atom is -0.494 e. The van der Waals surface area contributed by atoms with Gasteiger partial charge in [-0.15, -0.1) is 0 Å². The molecule has 1 aromatic heterocycles. The molecule has 4 heteroatoms. The number of benzene rings is 1.